The number of amides is 2. The van der Waals surface area contributed by atoms with E-state index in [4.69, 9.17) is 0 Å². The number of aromatic nitrogens is 2. The van der Waals surface area contributed by atoms with Crippen LogP contribution in [0, 0.1) is 6.92 Å². The maximum Gasteiger partial charge on any atom is 0.290 e. The van der Waals surface area contributed by atoms with Gasteiger partial charge in [-0.3, -0.25) is 25.5 Å². The zero-order chi connectivity index (χ0) is 20.1. The lowest BCUT2D eigenvalue weighted by Gasteiger charge is -2.11. The Kier molecular flexibility index (Phi) is 5.55. The van der Waals surface area contributed by atoms with Crippen molar-refractivity contribution in [2.24, 2.45) is 0 Å². The molecule has 144 valence electrons. The number of hydrogen-bond donors (Lipinski definition) is 3. The van der Waals surface area contributed by atoms with Gasteiger partial charge >= 0.3 is 0 Å². The zero-order valence-corrected chi connectivity index (χ0v) is 15.8. The van der Waals surface area contributed by atoms with Gasteiger partial charge in [-0.2, -0.15) is 5.10 Å². The fourth-order valence-corrected chi connectivity index (χ4v) is 3.96. The van der Waals surface area contributed by atoms with Gasteiger partial charge in [-0.1, -0.05) is 36.4 Å². The van der Waals surface area contributed by atoms with Gasteiger partial charge in [0.15, 0.2) is 15.5 Å². The van der Waals surface area contributed by atoms with E-state index < -0.39 is 21.7 Å². The summed E-state index contributed by atoms with van der Waals surface area (Å²) in [4.78, 5) is 24.6. The first-order valence-electron chi connectivity index (χ1n) is 8.35. The van der Waals surface area contributed by atoms with Crippen molar-refractivity contribution >= 4 is 21.7 Å². The summed E-state index contributed by atoms with van der Waals surface area (Å²) in [5.41, 5.74) is 5.85. The Morgan fingerprint density at radius 3 is 2.29 bits per heavy atom. The van der Waals surface area contributed by atoms with Gasteiger partial charge in [0.1, 0.15) is 0 Å². The number of aryl methyl sites for hydroxylation is 1. The highest BCUT2D eigenvalue weighted by Crippen LogP contribution is 2.19. The van der Waals surface area contributed by atoms with E-state index >= 15 is 0 Å². The average Bonchev–Trinajstić information content (AvgIpc) is 3.13. The van der Waals surface area contributed by atoms with Crippen molar-refractivity contribution in [3.63, 3.8) is 0 Å². The predicted molar refractivity (Wildman–Crippen MR) is 102 cm³/mol. The highest BCUT2D eigenvalue weighted by Gasteiger charge is 2.20. The Balaban J connectivity index is 1.74. The van der Waals surface area contributed by atoms with Crippen molar-refractivity contribution in [2.45, 2.75) is 17.6 Å². The van der Waals surface area contributed by atoms with E-state index in [0.717, 1.165) is 0 Å². The number of carbonyl (C=O) groups is 2. The SMILES string of the molecule is Cc1cc(C(=O)NNC(=O)c2ccccc2CS(=O)(=O)c2ccccc2)n[nH]1. The molecular formula is C19H18N4O4S. The number of hydrogen-bond acceptors (Lipinski definition) is 5. The largest absolute Gasteiger partial charge is 0.290 e. The third kappa shape index (κ3) is 4.44. The normalized spacial score (nSPS) is 11.0. The number of aromatic amines is 1. The van der Waals surface area contributed by atoms with Gasteiger partial charge in [-0.05, 0) is 36.8 Å². The van der Waals surface area contributed by atoms with Crippen LogP contribution in [0.3, 0.4) is 0 Å². The quantitative estimate of drug-likeness (QED) is 0.566. The van der Waals surface area contributed by atoms with Gasteiger partial charge in [0.2, 0.25) is 0 Å². The molecule has 2 aromatic carbocycles. The number of benzene rings is 2. The maximum absolute atomic E-state index is 12.6. The molecule has 0 spiro atoms. The van der Waals surface area contributed by atoms with Gasteiger partial charge in [0.05, 0.1) is 10.6 Å². The zero-order valence-electron chi connectivity index (χ0n) is 15.0. The van der Waals surface area contributed by atoms with Crippen LogP contribution in [0.2, 0.25) is 0 Å². The summed E-state index contributed by atoms with van der Waals surface area (Å²) in [7, 11) is -3.62. The van der Waals surface area contributed by atoms with Crippen molar-refractivity contribution in [1.82, 2.24) is 21.0 Å². The van der Waals surface area contributed by atoms with Gasteiger partial charge in [0.25, 0.3) is 11.8 Å². The molecule has 0 aliphatic heterocycles. The molecule has 0 saturated carbocycles. The molecule has 8 nitrogen and oxygen atoms in total. The standard InChI is InChI=1S/C19H18N4O4S/c1-13-11-17(21-20-13)19(25)23-22-18(24)16-10-6-5-7-14(16)12-28(26,27)15-8-3-2-4-9-15/h2-11H,12H2,1H3,(H,20,21)(H,22,24)(H,23,25). The summed E-state index contributed by atoms with van der Waals surface area (Å²) in [5, 5.41) is 6.43. The third-order valence-electron chi connectivity index (χ3n) is 3.94. The Bertz CT molecular complexity index is 1110. The third-order valence-corrected chi connectivity index (χ3v) is 5.62. The summed E-state index contributed by atoms with van der Waals surface area (Å²) >= 11 is 0. The Morgan fingerprint density at radius 1 is 0.964 bits per heavy atom. The lowest BCUT2D eigenvalue weighted by molar-refractivity contribution is 0.0843. The summed E-state index contributed by atoms with van der Waals surface area (Å²) in [6, 6.07) is 15.9. The Hall–Kier alpha value is -3.46. The van der Waals surface area contributed by atoms with E-state index in [0.29, 0.717) is 11.3 Å². The molecule has 0 aliphatic rings. The van der Waals surface area contributed by atoms with Crippen molar-refractivity contribution < 1.29 is 18.0 Å². The molecule has 3 aromatic rings. The molecule has 1 heterocycles. The van der Waals surface area contributed by atoms with E-state index in [1.165, 1.54) is 24.3 Å². The second-order valence-corrected chi connectivity index (χ2v) is 8.06. The van der Waals surface area contributed by atoms with E-state index in [1.807, 2.05) is 0 Å². The monoisotopic (exact) mass is 398 g/mol. The Morgan fingerprint density at radius 2 is 1.61 bits per heavy atom. The van der Waals surface area contributed by atoms with Crippen molar-refractivity contribution in [2.75, 3.05) is 0 Å². The summed E-state index contributed by atoms with van der Waals surface area (Å²) in [6.07, 6.45) is 0. The number of hydrazine groups is 1. The minimum atomic E-state index is -3.62. The van der Waals surface area contributed by atoms with E-state index in [2.05, 4.69) is 21.0 Å². The van der Waals surface area contributed by atoms with Crippen LogP contribution >= 0.6 is 0 Å². The molecule has 0 saturated heterocycles. The average molecular weight is 398 g/mol. The van der Waals surface area contributed by atoms with Crippen LogP contribution in [0.5, 0.6) is 0 Å². The molecule has 3 N–H and O–H groups in total. The van der Waals surface area contributed by atoms with Crippen LogP contribution < -0.4 is 10.9 Å². The molecule has 0 bridgehead atoms. The molecule has 0 radical (unpaired) electrons. The van der Waals surface area contributed by atoms with Crippen LogP contribution in [0.4, 0.5) is 0 Å². The van der Waals surface area contributed by atoms with Crippen LogP contribution in [-0.2, 0) is 15.6 Å². The van der Waals surface area contributed by atoms with E-state index in [-0.39, 0.29) is 21.9 Å². The second kappa shape index (κ2) is 8.05. The first-order valence-corrected chi connectivity index (χ1v) is 10.0. The van der Waals surface area contributed by atoms with Crippen LogP contribution in [0.15, 0.2) is 65.6 Å². The number of sulfone groups is 1. The molecular weight excluding hydrogens is 380 g/mol. The highest BCUT2D eigenvalue weighted by atomic mass is 32.2. The molecule has 0 unspecified atom stereocenters. The molecule has 9 heteroatoms. The number of nitrogens with zero attached hydrogens (tertiary/aromatic N) is 1. The first kappa shape index (κ1) is 19.3. The molecule has 3 rings (SSSR count). The van der Waals surface area contributed by atoms with Gasteiger partial charge < -0.3 is 0 Å². The molecule has 1 aromatic heterocycles. The van der Waals surface area contributed by atoms with Gasteiger partial charge in [-0.25, -0.2) is 8.42 Å². The number of rotatable bonds is 5. The Labute approximate surface area is 161 Å². The van der Waals surface area contributed by atoms with Crippen molar-refractivity contribution in [3.8, 4) is 0 Å². The number of nitrogens with one attached hydrogen (secondary N) is 3. The van der Waals surface area contributed by atoms with E-state index in [1.54, 1.807) is 43.3 Å². The minimum absolute atomic E-state index is 0.123. The van der Waals surface area contributed by atoms with E-state index in [9.17, 15) is 18.0 Å². The molecule has 28 heavy (non-hydrogen) atoms. The number of carbonyl (C=O) groups excluding carboxylic acids is 2. The fraction of sp³-hybridized carbons (Fsp3) is 0.105. The fourth-order valence-electron chi connectivity index (χ4n) is 2.56. The van der Waals surface area contributed by atoms with Crippen molar-refractivity contribution in [1.29, 1.82) is 0 Å². The first-order chi connectivity index (χ1) is 13.4. The topological polar surface area (TPSA) is 121 Å². The van der Waals surface area contributed by atoms with Gasteiger partial charge in [-0.15, -0.1) is 0 Å². The lowest BCUT2D eigenvalue weighted by Crippen LogP contribution is -2.42. The molecule has 2 amide bonds. The summed E-state index contributed by atoms with van der Waals surface area (Å²) < 4.78 is 25.2. The lowest BCUT2D eigenvalue weighted by atomic mass is 10.1. The molecule has 0 atom stereocenters. The minimum Gasteiger partial charge on any atom is -0.282 e. The maximum atomic E-state index is 12.6. The highest BCUT2D eigenvalue weighted by molar-refractivity contribution is 7.90. The van der Waals surface area contributed by atoms with Crippen LogP contribution in [0.25, 0.3) is 0 Å². The van der Waals surface area contributed by atoms with Crippen molar-refractivity contribution in [3.05, 3.63) is 83.2 Å². The predicted octanol–water partition coefficient (Wildman–Crippen LogP) is 1.77. The smallest absolute Gasteiger partial charge is 0.282 e. The van der Waals surface area contributed by atoms with Crippen LogP contribution in [-0.4, -0.2) is 30.4 Å². The number of H-pyrrole nitrogens is 1. The molecule has 0 fully saturated rings. The summed E-state index contributed by atoms with van der Waals surface area (Å²) in [5.74, 6) is -1.56. The second-order valence-electron chi connectivity index (χ2n) is 6.07. The van der Waals surface area contributed by atoms with Crippen LogP contribution in [0.1, 0.15) is 32.1 Å². The molecule has 0 aliphatic carbocycles. The summed E-state index contributed by atoms with van der Waals surface area (Å²) in [6.45, 7) is 1.74. The van der Waals surface area contributed by atoms with Gasteiger partial charge in [0, 0.05) is 11.3 Å².